The van der Waals surface area contributed by atoms with Crippen molar-refractivity contribution in [3.63, 3.8) is 0 Å². The van der Waals surface area contributed by atoms with E-state index in [-0.39, 0.29) is 6.04 Å². The normalized spacial score (nSPS) is 12.3. The van der Waals surface area contributed by atoms with Crippen molar-refractivity contribution in [1.29, 1.82) is 0 Å². The molecular weight excluding hydrogens is 280 g/mol. The number of pyridine rings is 1. The summed E-state index contributed by atoms with van der Waals surface area (Å²) in [4.78, 5) is 4.15. The Hall–Kier alpha value is -2.27. The first-order valence-electron chi connectivity index (χ1n) is 6.80. The molecule has 0 saturated carbocycles. The molecule has 3 aromatic rings. The van der Waals surface area contributed by atoms with Gasteiger partial charge in [-0.15, -0.1) is 0 Å². The van der Waals surface area contributed by atoms with E-state index in [4.69, 9.17) is 12.2 Å². The van der Waals surface area contributed by atoms with E-state index in [0.717, 1.165) is 11.4 Å². The molecule has 2 heterocycles. The Bertz CT molecular complexity index is 787. The zero-order valence-electron chi connectivity index (χ0n) is 11.9. The maximum absolute atomic E-state index is 5.40. The number of H-pyrrole nitrogens is 1. The van der Waals surface area contributed by atoms with Crippen molar-refractivity contribution in [3.8, 4) is 11.4 Å². The number of rotatable bonds is 3. The Kier molecular flexibility index (Phi) is 3.66. The lowest BCUT2D eigenvalue weighted by Gasteiger charge is -2.16. The molecule has 106 valence electrons. The van der Waals surface area contributed by atoms with Gasteiger partial charge in [-0.1, -0.05) is 29.8 Å². The quantitative estimate of drug-likeness (QED) is 0.745. The van der Waals surface area contributed by atoms with Crippen LogP contribution >= 0.6 is 12.2 Å². The van der Waals surface area contributed by atoms with Gasteiger partial charge in [-0.05, 0) is 43.8 Å². The Morgan fingerprint density at radius 2 is 1.95 bits per heavy atom. The summed E-state index contributed by atoms with van der Waals surface area (Å²) in [6, 6.07) is 12.5. The molecule has 0 bridgehead atoms. The fourth-order valence-corrected chi connectivity index (χ4v) is 2.65. The molecule has 5 heteroatoms. The monoisotopic (exact) mass is 296 g/mol. The standard InChI is InChI=1S/C16H16N4S/c1-11-5-7-13(8-6-11)12(2)20-15(18-19-16(20)21)14-4-3-9-17-10-14/h3-10,12H,1-2H3,(H,19,21). The summed E-state index contributed by atoms with van der Waals surface area (Å²) in [5, 5.41) is 7.24. The van der Waals surface area contributed by atoms with Crippen molar-refractivity contribution >= 4 is 12.2 Å². The van der Waals surface area contributed by atoms with Crippen LogP contribution in [0.3, 0.4) is 0 Å². The van der Waals surface area contributed by atoms with Gasteiger partial charge >= 0.3 is 0 Å². The van der Waals surface area contributed by atoms with Crippen LogP contribution in [-0.4, -0.2) is 19.7 Å². The molecule has 0 saturated heterocycles. The fourth-order valence-electron chi connectivity index (χ4n) is 2.36. The summed E-state index contributed by atoms with van der Waals surface area (Å²) in [6.07, 6.45) is 3.54. The van der Waals surface area contributed by atoms with Crippen molar-refractivity contribution in [2.45, 2.75) is 19.9 Å². The van der Waals surface area contributed by atoms with Gasteiger partial charge in [0, 0.05) is 18.0 Å². The zero-order valence-corrected chi connectivity index (χ0v) is 12.8. The van der Waals surface area contributed by atoms with E-state index in [2.05, 4.69) is 53.3 Å². The number of hydrogen-bond donors (Lipinski definition) is 1. The number of aromatic amines is 1. The summed E-state index contributed by atoms with van der Waals surface area (Å²) in [5.74, 6) is 0.807. The Morgan fingerprint density at radius 3 is 2.62 bits per heavy atom. The lowest BCUT2D eigenvalue weighted by Crippen LogP contribution is -2.09. The van der Waals surface area contributed by atoms with E-state index < -0.39 is 0 Å². The third-order valence-electron chi connectivity index (χ3n) is 3.57. The lowest BCUT2D eigenvalue weighted by molar-refractivity contribution is 0.635. The third kappa shape index (κ3) is 2.64. The highest BCUT2D eigenvalue weighted by Gasteiger charge is 2.16. The Labute approximate surface area is 128 Å². The predicted octanol–water partition coefficient (Wildman–Crippen LogP) is 3.92. The van der Waals surface area contributed by atoms with Crippen LogP contribution in [0.4, 0.5) is 0 Å². The largest absolute Gasteiger partial charge is 0.293 e. The third-order valence-corrected chi connectivity index (χ3v) is 3.86. The summed E-state index contributed by atoms with van der Waals surface area (Å²) in [5.41, 5.74) is 3.39. The van der Waals surface area contributed by atoms with E-state index in [1.54, 1.807) is 12.4 Å². The molecule has 3 rings (SSSR count). The van der Waals surface area contributed by atoms with Crippen LogP contribution < -0.4 is 0 Å². The number of nitrogens with one attached hydrogen (secondary N) is 1. The predicted molar refractivity (Wildman–Crippen MR) is 85.6 cm³/mol. The van der Waals surface area contributed by atoms with Crippen LogP contribution in [-0.2, 0) is 0 Å². The summed E-state index contributed by atoms with van der Waals surface area (Å²) >= 11 is 5.40. The first-order valence-corrected chi connectivity index (χ1v) is 7.21. The minimum atomic E-state index is 0.104. The second-order valence-electron chi connectivity index (χ2n) is 5.05. The van der Waals surface area contributed by atoms with Gasteiger partial charge in [-0.2, -0.15) is 5.10 Å². The van der Waals surface area contributed by atoms with Crippen molar-refractivity contribution in [1.82, 2.24) is 19.7 Å². The lowest BCUT2D eigenvalue weighted by atomic mass is 10.1. The van der Waals surface area contributed by atoms with Crippen LogP contribution in [0, 0.1) is 11.7 Å². The molecule has 0 aliphatic rings. The van der Waals surface area contributed by atoms with E-state index in [0.29, 0.717) is 4.77 Å². The molecule has 0 aliphatic carbocycles. The van der Waals surface area contributed by atoms with Gasteiger partial charge in [0.2, 0.25) is 0 Å². The van der Waals surface area contributed by atoms with Crippen molar-refractivity contribution in [2.75, 3.05) is 0 Å². The smallest absolute Gasteiger partial charge is 0.196 e. The minimum absolute atomic E-state index is 0.104. The molecule has 0 aliphatic heterocycles. The average molecular weight is 296 g/mol. The number of benzene rings is 1. The topological polar surface area (TPSA) is 46.5 Å². The molecule has 0 amide bonds. The summed E-state index contributed by atoms with van der Waals surface area (Å²) in [7, 11) is 0. The molecule has 1 atom stereocenters. The highest BCUT2D eigenvalue weighted by molar-refractivity contribution is 7.71. The van der Waals surface area contributed by atoms with Crippen LogP contribution in [0.15, 0.2) is 48.8 Å². The number of hydrogen-bond acceptors (Lipinski definition) is 3. The molecule has 0 fully saturated rings. The zero-order chi connectivity index (χ0) is 14.8. The minimum Gasteiger partial charge on any atom is -0.293 e. The number of aromatic nitrogens is 4. The van der Waals surface area contributed by atoms with Gasteiger partial charge in [0.15, 0.2) is 10.6 Å². The molecule has 1 N–H and O–H groups in total. The van der Waals surface area contributed by atoms with Gasteiger partial charge in [0.05, 0.1) is 6.04 Å². The van der Waals surface area contributed by atoms with Crippen LogP contribution in [0.5, 0.6) is 0 Å². The van der Waals surface area contributed by atoms with Crippen LogP contribution in [0.25, 0.3) is 11.4 Å². The highest BCUT2D eigenvalue weighted by atomic mass is 32.1. The molecule has 2 aromatic heterocycles. The van der Waals surface area contributed by atoms with E-state index >= 15 is 0 Å². The van der Waals surface area contributed by atoms with E-state index in [1.165, 1.54) is 11.1 Å². The average Bonchev–Trinajstić information content (AvgIpc) is 2.90. The second kappa shape index (κ2) is 5.61. The maximum atomic E-state index is 5.40. The Morgan fingerprint density at radius 1 is 1.19 bits per heavy atom. The highest BCUT2D eigenvalue weighted by Crippen LogP contribution is 2.25. The van der Waals surface area contributed by atoms with Gasteiger partial charge in [-0.25, -0.2) is 0 Å². The van der Waals surface area contributed by atoms with Crippen molar-refractivity contribution < 1.29 is 0 Å². The summed E-state index contributed by atoms with van der Waals surface area (Å²) in [6.45, 7) is 4.20. The van der Waals surface area contributed by atoms with Crippen LogP contribution in [0.1, 0.15) is 24.1 Å². The van der Waals surface area contributed by atoms with Gasteiger partial charge in [0.1, 0.15) is 0 Å². The number of aryl methyl sites for hydroxylation is 1. The Balaban J connectivity index is 2.08. The van der Waals surface area contributed by atoms with Crippen molar-refractivity contribution in [2.24, 2.45) is 0 Å². The molecule has 1 unspecified atom stereocenters. The molecule has 21 heavy (non-hydrogen) atoms. The van der Waals surface area contributed by atoms with Crippen LogP contribution in [0.2, 0.25) is 0 Å². The number of nitrogens with zero attached hydrogens (tertiary/aromatic N) is 3. The SMILES string of the molecule is Cc1ccc(C(C)n2c(-c3cccnc3)n[nH]c2=S)cc1. The fraction of sp³-hybridized carbons (Fsp3) is 0.188. The van der Waals surface area contributed by atoms with E-state index in [9.17, 15) is 0 Å². The van der Waals surface area contributed by atoms with Gasteiger partial charge in [-0.3, -0.25) is 14.6 Å². The van der Waals surface area contributed by atoms with E-state index in [1.807, 2.05) is 16.7 Å². The molecule has 4 nitrogen and oxygen atoms in total. The maximum Gasteiger partial charge on any atom is 0.196 e. The molecular formula is C16H16N4S. The van der Waals surface area contributed by atoms with Gasteiger partial charge in [0.25, 0.3) is 0 Å². The summed E-state index contributed by atoms with van der Waals surface area (Å²) < 4.78 is 2.64. The van der Waals surface area contributed by atoms with Crippen molar-refractivity contribution in [3.05, 3.63) is 64.7 Å². The molecule has 0 radical (unpaired) electrons. The molecule has 0 spiro atoms. The second-order valence-corrected chi connectivity index (χ2v) is 5.44. The first-order chi connectivity index (χ1) is 10.2. The molecule has 1 aromatic carbocycles. The first kappa shape index (κ1) is 13.7. The van der Waals surface area contributed by atoms with Gasteiger partial charge < -0.3 is 0 Å².